The lowest BCUT2D eigenvalue weighted by atomic mass is 9.91. The van der Waals surface area contributed by atoms with Crippen LogP contribution in [-0.4, -0.2) is 33.7 Å². The van der Waals surface area contributed by atoms with E-state index in [0.717, 1.165) is 34.5 Å². The minimum atomic E-state index is -1.83. The monoisotopic (exact) mass is 471 g/mol. The van der Waals surface area contributed by atoms with E-state index in [1.165, 1.54) is 6.92 Å². The molecule has 2 aromatic carbocycles. The second-order valence-corrected chi connectivity index (χ2v) is 8.53. The van der Waals surface area contributed by atoms with Crippen molar-refractivity contribution in [3.8, 4) is 5.69 Å². The van der Waals surface area contributed by atoms with Crippen molar-refractivity contribution in [3.63, 3.8) is 0 Å². The summed E-state index contributed by atoms with van der Waals surface area (Å²) in [6.45, 7) is 4.33. The standard InChI is InChI=1S/C24H20ClF2N3O3/c1-13-10-18(14(2)30(13)17-7-4-15(25)5-8-17)21(31)12-29-22(32)24(3,28-23(29)33)19-11-16(26)6-9-20(19)27/h4-11H,12H2,1-3H3,(H,28,33)/t24-/m1/s1. The van der Waals surface area contributed by atoms with Gasteiger partial charge < -0.3 is 9.88 Å². The number of Topliss-reactive ketones (excluding diaryl/α,β-unsaturated/α-hetero) is 1. The number of imide groups is 1. The summed E-state index contributed by atoms with van der Waals surface area (Å²) in [5.74, 6) is -2.89. The molecular formula is C24H20ClF2N3O3. The van der Waals surface area contributed by atoms with Crippen LogP contribution in [-0.2, 0) is 10.3 Å². The molecule has 4 rings (SSSR count). The fraction of sp³-hybridized carbons (Fsp3) is 0.208. The van der Waals surface area contributed by atoms with E-state index in [9.17, 15) is 23.2 Å². The molecule has 0 unspecified atom stereocenters. The van der Waals surface area contributed by atoms with Crippen molar-refractivity contribution < 1.29 is 23.2 Å². The molecule has 1 fully saturated rings. The number of halogens is 3. The summed E-state index contributed by atoms with van der Waals surface area (Å²) < 4.78 is 29.9. The maximum Gasteiger partial charge on any atom is 0.325 e. The predicted octanol–water partition coefficient (Wildman–Crippen LogP) is 4.68. The summed E-state index contributed by atoms with van der Waals surface area (Å²) in [5.41, 5.74) is 0.416. The van der Waals surface area contributed by atoms with Gasteiger partial charge in [-0.3, -0.25) is 14.5 Å². The molecule has 3 aromatic rings. The van der Waals surface area contributed by atoms with E-state index in [1.807, 2.05) is 23.6 Å². The minimum Gasteiger partial charge on any atom is -0.319 e. The first-order chi connectivity index (χ1) is 15.5. The Morgan fingerprint density at radius 1 is 1.06 bits per heavy atom. The van der Waals surface area contributed by atoms with Crippen LogP contribution in [0.5, 0.6) is 0 Å². The molecular weight excluding hydrogens is 452 g/mol. The first kappa shape index (κ1) is 22.7. The molecule has 2 heterocycles. The van der Waals surface area contributed by atoms with E-state index in [4.69, 9.17) is 11.6 Å². The second kappa shape index (κ2) is 8.12. The molecule has 1 atom stereocenters. The Bertz CT molecular complexity index is 1300. The van der Waals surface area contributed by atoms with Crippen molar-refractivity contribution in [1.82, 2.24) is 14.8 Å². The summed E-state index contributed by atoms with van der Waals surface area (Å²) in [4.78, 5) is 39.4. The maximum atomic E-state index is 14.3. The van der Waals surface area contributed by atoms with Crippen molar-refractivity contribution in [1.29, 1.82) is 0 Å². The second-order valence-electron chi connectivity index (χ2n) is 8.09. The third kappa shape index (κ3) is 3.80. The van der Waals surface area contributed by atoms with Gasteiger partial charge in [-0.1, -0.05) is 11.6 Å². The number of aryl methyl sites for hydroxylation is 1. The molecule has 0 aliphatic carbocycles. The zero-order valence-corrected chi connectivity index (χ0v) is 18.8. The normalized spacial score (nSPS) is 18.1. The number of nitrogens with zero attached hydrogens (tertiary/aromatic N) is 2. The van der Waals surface area contributed by atoms with Crippen LogP contribution in [0, 0.1) is 25.5 Å². The summed E-state index contributed by atoms with van der Waals surface area (Å²) in [6, 6.07) is 10.6. The fourth-order valence-electron chi connectivity index (χ4n) is 4.17. The Morgan fingerprint density at radius 2 is 1.73 bits per heavy atom. The van der Waals surface area contributed by atoms with Crippen molar-refractivity contribution in [2.45, 2.75) is 26.3 Å². The number of aromatic nitrogens is 1. The zero-order chi connectivity index (χ0) is 24.1. The lowest BCUT2D eigenvalue weighted by Gasteiger charge is -2.22. The number of ketones is 1. The lowest BCUT2D eigenvalue weighted by molar-refractivity contribution is -0.130. The Hall–Kier alpha value is -3.52. The number of hydrogen-bond donors (Lipinski definition) is 1. The van der Waals surface area contributed by atoms with E-state index in [1.54, 1.807) is 25.1 Å². The van der Waals surface area contributed by atoms with E-state index in [-0.39, 0.29) is 5.56 Å². The van der Waals surface area contributed by atoms with E-state index < -0.39 is 41.4 Å². The van der Waals surface area contributed by atoms with Gasteiger partial charge in [0.2, 0.25) is 0 Å². The summed E-state index contributed by atoms with van der Waals surface area (Å²) in [7, 11) is 0. The average Bonchev–Trinajstić information content (AvgIpc) is 3.18. The molecule has 1 aliphatic rings. The quantitative estimate of drug-likeness (QED) is 0.434. The third-order valence-corrected chi connectivity index (χ3v) is 6.11. The van der Waals surface area contributed by atoms with Gasteiger partial charge in [-0.05, 0) is 69.3 Å². The van der Waals surface area contributed by atoms with Crippen LogP contribution >= 0.6 is 11.6 Å². The number of urea groups is 1. The fourth-order valence-corrected chi connectivity index (χ4v) is 4.29. The van der Waals surface area contributed by atoms with Crippen LogP contribution in [0.1, 0.15) is 34.2 Å². The van der Waals surface area contributed by atoms with Crippen LogP contribution in [0.15, 0.2) is 48.5 Å². The van der Waals surface area contributed by atoms with Crippen molar-refractivity contribution in [2.75, 3.05) is 6.54 Å². The first-order valence-electron chi connectivity index (χ1n) is 10.1. The van der Waals surface area contributed by atoms with Crippen LogP contribution in [0.4, 0.5) is 13.6 Å². The van der Waals surface area contributed by atoms with Gasteiger partial charge in [0, 0.05) is 33.2 Å². The molecule has 9 heteroatoms. The smallest absolute Gasteiger partial charge is 0.319 e. The van der Waals surface area contributed by atoms with E-state index in [2.05, 4.69) is 5.32 Å². The van der Waals surface area contributed by atoms with Gasteiger partial charge in [-0.2, -0.15) is 0 Å². The van der Waals surface area contributed by atoms with Gasteiger partial charge in [0.25, 0.3) is 5.91 Å². The van der Waals surface area contributed by atoms with E-state index >= 15 is 0 Å². The van der Waals surface area contributed by atoms with E-state index in [0.29, 0.717) is 16.3 Å². The summed E-state index contributed by atoms with van der Waals surface area (Å²) >= 11 is 5.96. The number of hydrogen-bond acceptors (Lipinski definition) is 3. The molecule has 0 spiro atoms. The summed E-state index contributed by atoms with van der Waals surface area (Å²) in [6.07, 6.45) is 0. The Morgan fingerprint density at radius 3 is 2.39 bits per heavy atom. The van der Waals surface area contributed by atoms with Gasteiger partial charge in [0.15, 0.2) is 5.78 Å². The molecule has 0 radical (unpaired) electrons. The number of carbonyl (C=O) groups excluding carboxylic acids is 3. The highest BCUT2D eigenvalue weighted by atomic mass is 35.5. The molecule has 1 N–H and O–H groups in total. The lowest BCUT2D eigenvalue weighted by Crippen LogP contribution is -2.42. The van der Waals surface area contributed by atoms with Gasteiger partial charge in [0.1, 0.15) is 17.2 Å². The number of rotatable bonds is 5. The van der Waals surface area contributed by atoms with Crippen molar-refractivity contribution in [3.05, 3.63) is 87.7 Å². The number of amides is 3. The predicted molar refractivity (Wildman–Crippen MR) is 119 cm³/mol. The number of benzene rings is 2. The molecule has 1 saturated heterocycles. The highest BCUT2D eigenvalue weighted by molar-refractivity contribution is 6.30. The Kier molecular flexibility index (Phi) is 5.57. The number of nitrogens with one attached hydrogen (secondary N) is 1. The molecule has 1 aromatic heterocycles. The molecule has 170 valence electrons. The minimum absolute atomic E-state index is 0.309. The topological polar surface area (TPSA) is 71.4 Å². The Labute approximate surface area is 193 Å². The van der Waals surface area contributed by atoms with Gasteiger partial charge in [0.05, 0.1) is 6.54 Å². The molecule has 3 amide bonds. The first-order valence-corrected chi connectivity index (χ1v) is 10.5. The number of carbonyl (C=O) groups is 3. The molecule has 1 aliphatic heterocycles. The van der Waals surface area contributed by atoms with Crippen LogP contribution in [0.25, 0.3) is 5.69 Å². The largest absolute Gasteiger partial charge is 0.325 e. The van der Waals surface area contributed by atoms with Crippen LogP contribution in [0.2, 0.25) is 5.02 Å². The molecule has 6 nitrogen and oxygen atoms in total. The van der Waals surface area contributed by atoms with Crippen LogP contribution in [0.3, 0.4) is 0 Å². The highest BCUT2D eigenvalue weighted by Gasteiger charge is 2.51. The van der Waals surface area contributed by atoms with Crippen molar-refractivity contribution in [2.24, 2.45) is 0 Å². The summed E-state index contributed by atoms with van der Waals surface area (Å²) in [5, 5.41) is 2.97. The van der Waals surface area contributed by atoms with Crippen molar-refractivity contribution >= 4 is 29.3 Å². The van der Waals surface area contributed by atoms with Gasteiger partial charge in [-0.15, -0.1) is 0 Å². The third-order valence-electron chi connectivity index (χ3n) is 5.86. The zero-order valence-electron chi connectivity index (χ0n) is 18.1. The highest BCUT2D eigenvalue weighted by Crippen LogP contribution is 2.32. The molecule has 33 heavy (non-hydrogen) atoms. The SMILES string of the molecule is Cc1cc(C(=O)CN2C(=O)N[C@](C)(c3cc(F)ccc3F)C2=O)c(C)n1-c1ccc(Cl)cc1. The Balaban J connectivity index is 1.62. The van der Waals surface area contributed by atoms with Gasteiger partial charge in [-0.25, -0.2) is 13.6 Å². The van der Waals surface area contributed by atoms with Crippen LogP contribution < -0.4 is 5.32 Å². The average molecular weight is 472 g/mol. The molecule has 0 bridgehead atoms. The maximum absolute atomic E-state index is 14.3. The van der Waals surface area contributed by atoms with Gasteiger partial charge >= 0.3 is 6.03 Å². The molecule has 0 saturated carbocycles.